The highest BCUT2D eigenvalue weighted by molar-refractivity contribution is 5.79. The van der Waals surface area contributed by atoms with E-state index < -0.39 is 17.3 Å². The highest BCUT2D eigenvalue weighted by Crippen LogP contribution is 2.33. The predicted molar refractivity (Wildman–Crippen MR) is 68.8 cm³/mol. The van der Waals surface area contributed by atoms with Gasteiger partial charge in [-0.2, -0.15) is 13.2 Å². The Balaban J connectivity index is 2.97. The molecule has 1 rings (SSSR count). The molecule has 1 N–H and O–H groups in total. The van der Waals surface area contributed by atoms with Crippen molar-refractivity contribution in [1.29, 1.82) is 0 Å². The average molecular weight is 288 g/mol. The molecule has 20 heavy (non-hydrogen) atoms. The van der Waals surface area contributed by atoms with Crippen molar-refractivity contribution in [2.75, 3.05) is 25.5 Å². The normalized spacial score (nSPS) is 11.1. The fourth-order valence-electron chi connectivity index (χ4n) is 1.65. The molecule has 0 aliphatic carbocycles. The van der Waals surface area contributed by atoms with Crippen LogP contribution in [0.1, 0.15) is 22.3 Å². The number of benzene rings is 1. The Labute approximate surface area is 114 Å². The van der Waals surface area contributed by atoms with Crippen LogP contribution in [0.15, 0.2) is 18.2 Å². The van der Waals surface area contributed by atoms with Gasteiger partial charge in [0.05, 0.1) is 5.56 Å². The van der Waals surface area contributed by atoms with E-state index in [1.54, 1.807) is 7.05 Å². The zero-order valence-corrected chi connectivity index (χ0v) is 11.1. The van der Waals surface area contributed by atoms with Gasteiger partial charge in [0.15, 0.2) is 6.29 Å². The number of carbonyl (C=O) groups excluding carboxylic acids is 2. The van der Waals surface area contributed by atoms with E-state index in [1.807, 2.05) is 0 Å². The Morgan fingerprint density at radius 3 is 2.55 bits per heavy atom. The van der Waals surface area contributed by atoms with Gasteiger partial charge in [-0.1, -0.05) is 0 Å². The van der Waals surface area contributed by atoms with Crippen molar-refractivity contribution in [3.63, 3.8) is 0 Å². The average Bonchev–Trinajstić information content (AvgIpc) is 2.42. The number of anilines is 1. The summed E-state index contributed by atoms with van der Waals surface area (Å²) < 4.78 is 38.4. The van der Waals surface area contributed by atoms with Gasteiger partial charge < -0.3 is 10.2 Å². The van der Waals surface area contributed by atoms with Crippen molar-refractivity contribution in [2.45, 2.75) is 12.6 Å². The third kappa shape index (κ3) is 3.97. The van der Waals surface area contributed by atoms with Gasteiger partial charge in [-0.3, -0.25) is 9.59 Å². The minimum absolute atomic E-state index is 0.170. The van der Waals surface area contributed by atoms with Crippen LogP contribution in [0, 0.1) is 0 Å². The Kier molecular flexibility index (Phi) is 5.12. The van der Waals surface area contributed by atoms with Crippen LogP contribution in [0.25, 0.3) is 0 Å². The molecule has 0 aliphatic heterocycles. The summed E-state index contributed by atoms with van der Waals surface area (Å²) in [6.45, 7) is 0.275. The summed E-state index contributed by atoms with van der Waals surface area (Å²) in [5.74, 6) is -0.197. The maximum atomic E-state index is 12.8. The molecular formula is C13H15F3N2O2. The highest BCUT2D eigenvalue weighted by atomic mass is 19.4. The Hall–Kier alpha value is -2.05. The summed E-state index contributed by atoms with van der Waals surface area (Å²) in [5, 5.41) is 2.43. The zero-order valence-electron chi connectivity index (χ0n) is 11.1. The van der Waals surface area contributed by atoms with Crippen molar-refractivity contribution in [2.24, 2.45) is 0 Å². The largest absolute Gasteiger partial charge is 0.417 e. The topological polar surface area (TPSA) is 49.4 Å². The van der Waals surface area contributed by atoms with E-state index in [-0.39, 0.29) is 25.2 Å². The van der Waals surface area contributed by atoms with Crippen molar-refractivity contribution in [1.82, 2.24) is 5.32 Å². The molecule has 0 spiro atoms. The first-order valence-electron chi connectivity index (χ1n) is 5.87. The van der Waals surface area contributed by atoms with Crippen molar-refractivity contribution >= 4 is 17.9 Å². The van der Waals surface area contributed by atoms with Gasteiger partial charge in [0.2, 0.25) is 5.91 Å². The maximum Gasteiger partial charge on any atom is 0.417 e. The van der Waals surface area contributed by atoms with Crippen molar-refractivity contribution in [3.8, 4) is 0 Å². The van der Waals surface area contributed by atoms with E-state index in [9.17, 15) is 22.8 Å². The van der Waals surface area contributed by atoms with Gasteiger partial charge in [-0.05, 0) is 18.2 Å². The van der Waals surface area contributed by atoms with Crippen molar-refractivity contribution in [3.05, 3.63) is 29.3 Å². The lowest BCUT2D eigenvalue weighted by Gasteiger charge is -2.21. The Morgan fingerprint density at radius 2 is 2.05 bits per heavy atom. The number of alkyl halides is 3. The van der Waals surface area contributed by atoms with Gasteiger partial charge in [0.1, 0.15) is 0 Å². The third-order valence-electron chi connectivity index (χ3n) is 2.86. The lowest BCUT2D eigenvalue weighted by molar-refractivity contribution is -0.137. The standard InChI is InChI=1S/C13H15F3N2O2/c1-17-12(20)5-6-18(2)10-4-3-9(8-19)11(7-10)13(14,15)16/h3-4,7-8H,5-6H2,1-2H3,(H,17,20). The van der Waals surface area contributed by atoms with Crippen LogP contribution in [-0.2, 0) is 11.0 Å². The van der Waals surface area contributed by atoms with Gasteiger partial charge in [0, 0.05) is 38.3 Å². The number of rotatable bonds is 5. The van der Waals surface area contributed by atoms with Crippen LogP contribution in [0.3, 0.4) is 0 Å². The molecule has 0 saturated carbocycles. The Morgan fingerprint density at radius 1 is 1.40 bits per heavy atom. The monoisotopic (exact) mass is 288 g/mol. The number of halogens is 3. The number of hydrogen-bond acceptors (Lipinski definition) is 3. The fourth-order valence-corrected chi connectivity index (χ4v) is 1.65. The molecule has 4 nitrogen and oxygen atoms in total. The molecule has 0 radical (unpaired) electrons. The zero-order chi connectivity index (χ0) is 15.3. The van der Waals surface area contributed by atoms with Crippen molar-refractivity contribution < 1.29 is 22.8 Å². The molecular weight excluding hydrogens is 273 g/mol. The lowest BCUT2D eigenvalue weighted by Crippen LogP contribution is -2.26. The molecule has 0 bridgehead atoms. The number of amides is 1. The summed E-state index contributed by atoms with van der Waals surface area (Å²) in [5.41, 5.74) is -1.08. The Bertz CT molecular complexity index is 501. The predicted octanol–water partition coefficient (Wildman–Crippen LogP) is 2.09. The number of carbonyl (C=O) groups is 2. The molecule has 0 aliphatic rings. The van der Waals surface area contributed by atoms with E-state index in [0.717, 1.165) is 12.1 Å². The first-order valence-corrected chi connectivity index (χ1v) is 5.87. The van der Waals surface area contributed by atoms with E-state index in [2.05, 4.69) is 5.32 Å². The lowest BCUT2D eigenvalue weighted by atomic mass is 10.1. The SMILES string of the molecule is CNC(=O)CCN(C)c1ccc(C=O)c(C(F)(F)F)c1. The van der Waals surface area contributed by atoms with Gasteiger partial charge >= 0.3 is 6.18 Å². The van der Waals surface area contributed by atoms with Gasteiger partial charge in [-0.25, -0.2) is 0 Å². The van der Waals surface area contributed by atoms with E-state index in [0.29, 0.717) is 5.69 Å². The summed E-state index contributed by atoms with van der Waals surface area (Å²) in [6, 6.07) is 3.46. The van der Waals surface area contributed by atoms with Crippen LogP contribution >= 0.6 is 0 Å². The summed E-state index contributed by atoms with van der Waals surface area (Å²) >= 11 is 0. The first kappa shape index (κ1) is 16.0. The fraction of sp³-hybridized carbons (Fsp3) is 0.385. The first-order chi connectivity index (χ1) is 9.29. The van der Waals surface area contributed by atoms with Crippen LogP contribution in [0.2, 0.25) is 0 Å². The molecule has 1 aromatic carbocycles. The second-order valence-corrected chi connectivity index (χ2v) is 4.23. The number of hydrogen-bond donors (Lipinski definition) is 1. The molecule has 0 atom stereocenters. The van der Waals surface area contributed by atoms with Gasteiger partial charge in [0.25, 0.3) is 0 Å². The minimum Gasteiger partial charge on any atom is -0.374 e. The minimum atomic E-state index is -4.59. The quantitative estimate of drug-likeness (QED) is 0.844. The third-order valence-corrected chi connectivity index (χ3v) is 2.86. The second kappa shape index (κ2) is 6.40. The molecule has 7 heteroatoms. The molecule has 0 unspecified atom stereocenters. The van der Waals surface area contributed by atoms with E-state index in [4.69, 9.17) is 0 Å². The van der Waals surface area contributed by atoms with E-state index >= 15 is 0 Å². The van der Waals surface area contributed by atoms with E-state index in [1.165, 1.54) is 18.0 Å². The van der Waals surface area contributed by atoms with Crippen LogP contribution in [-0.4, -0.2) is 32.8 Å². The van der Waals surface area contributed by atoms with Crippen LogP contribution in [0.4, 0.5) is 18.9 Å². The molecule has 110 valence electrons. The summed E-state index contributed by atoms with van der Waals surface area (Å²) in [6.07, 6.45) is -4.24. The molecule has 0 saturated heterocycles. The highest BCUT2D eigenvalue weighted by Gasteiger charge is 2.33. The molecule has 0 heterocycles. The molecule has 1 aromatic rings. The maximum absolute atomic E-state index is 12.8. The number of aldehydes is 1. The summed E-state index contributed by atoms with van der Waals surface area (Å²) in [7, 11) is 3.07. The van der Waals surface area contributed by atoms with Crippen LogP contribution < -0.4 is 10.2 Å². The second-order valence-electron chi connectivity index (χ2n) is 4.23. The van der Waals surface area contributed by atoms with Gasteiger partial charge in [-0.15, -0.1) is 0 Å². The summed E-state index contributed by atoms with van der Waals surface area (Å²) in [4.78, 5) is 23.3. The molecule has 0 aromatic heterocycles. The molecule has 1 amide bonds. The van der Waals surface area contributed by atoms with Crippen LogP contribution in [0.5, 0.6) is 0 Å². The number of nitrogens with one attached hydrogen (secondary N) is 1. The molecule has 0 fully saturated rings. The number of nitrogens with zero attached hydrogens (tertiary/aromatic N) is 1. The smallest absolute Gasteiger partial charge is 0.374 e.